The number of amides is 13. The van der Waals surface area contributed by atoms with Crippen molar-refractivity contribution in [2.75, 3.05) is 13.1 Å². The van der Waals surface area contributed by atoms with Gasteiger partial charge in [-0.15, -0.1) is 0 Å². The molecular weight excluding hydrogens is 1350 g/mol. The lowest BCUT2D eigenvalue weighted by atomic mass is 9.95. The molecule has 2 fully saturated rings. The lowest BCUT2D eigenvalue weighted by Crippen LogP contribution is -2.64. The molecule has 13 amide bonds. The van der Waals surface area contributed by atoms with Crippen molar-refractivity contribution in [3.8, 4) is 0 Å². The van der Waals surface area contributed by atoms with Gasteiger partial charge in [0.25, 0.3) is 5.91 Å². The molecule has 0 aromatic heterocycles. The Morgan fingerprint density at radius 3 is 1.69 bits per heavy atom. The minimum Gasteiger partial charge on any atom is -0.458 e. The van der Waals surface area contributed by atoms with Gasteiger partial charge >= 0.3 is 5.97 Å². The zero-order chi connectivity index (χ0) is 79.4. The van der Waals surface area contributed by atoms with Crippen molar-refractivity contribution in [2.45, 2.75) is 280 Å². The van der Waals surface area contributed by atoms with Crippen LogP contribution < -0.4 is 69.5 Å². The van der Waals surface area contributed by atoms with E-state index < -0.39 is 203 Å². The highest BCUT2D eigenvalue weighted by molar-refractivity contribution is 6.03. The van der Waals surface area contributed by atoms with E-state index in [1.807, 2.05) is 13.8 Å². The van der Waals surface area contributed by atoms with Crippen LogP contribution in [0.25, 0.3) is 0 Å². The van der Waals surface area contributed by atoms with Gasteiger partial charge in [0.15, 0.2) is 0 Å². The topological polar surface area (TPSA) is 442 Å². The normalized spacial score (nSPS) is 22.6. The molecule has 30 nitrogen and oxygen atoms in total. The van der Waals surface area contributed by atoms with Gasteiger partial charge in [-0.1, -0.05) is 166 Å². The van der Waals surface area contributed by atoms with Gasteiger partial charge in [-0.25, -0.2) is 4.79 Å². The van der Waals surface area contributed by atoms with Gasteiger partial charge in [0.2, 0.25) is 70.9 Å². The molecule has 15 N–H and O–H groups in total. The summed E-state index contributed by atoms with van der Waals surface area (Å²) in [5.41, 5.74) is 6.34. The van der Waals surface area contributed by atoms with Crippen LogP contribution in [0.1, 0.15) is 195 Å². The van der Waals surface area contributed by atoms with Crippen LogP contribution >= 0.6 is 0 Å². The molecule has 16 atom stereocenters. The van der Waals surface area contributed by atoms with Crippen molar-refractivity contribution in [1.29, 1.82) is 0 Å². The molecular formula is C75H124N14O16. The van der Waals surface area contributed by atoms with E-state index in [-0.39, 0.29) is 63.2 Å². The first kappa shape index (κ1) is 90.7. The van der Waals surface area contributed by atoms with E-state index in [1.165, 1.54) is 31.7 Å². The van der Waals surface area contributed by atoms with Crippen molar-refractivity contribution < 1.29 is 77.0 Å². The molecule has 2 saturated heterocycles. The first-order chi connectivity index (χ1) is 49.2. The minimum absolute atomic E-state index is 0.0355. The maximum atomic E-state index is 15.0. The molecule has 0 spiro atoms. The van der Waals surface area contributed by atoms with Crippen molar-refractivity contribution in [3.63, 3.8) is 0 Å². The Kier molecular flexibility index (Phi) is 37.8. The molecule has 590 valence electrons. The van der Waals surface area contributed by atoms with Crippen LogP contribution in [-0.2, 0) is 78.3 Å². The smallest absolute Gasteiger partial charge is 0.329 e. The van der Waals surface area contributed by atoms with Crippen LogP contribution in [0.3, 0.4) is 0 Å². The number of carbonyl (C=O) groups is 14. The molecule has 2 aliphatic heterocycles. The molecule has 0 bridgehead atoms. The quantitative estimate of drug-likeness (QED) is 0.0353. The number of aliphatic hydroxyl groups excluding tert-OH is 1. The number of esters is 1. The highest BCUT2D eigenvalue weighted by Crippen LogP contribution is 2.23. The summed E-state index contributed by atoms with van der Waals surface area (Å²) in [4.78, 5) is 202. The third-order valence-corrected chi connectivity index (χ3v) is 19.3. The molecule has 0 radical (unpaired) electrons. The fourth-order valence-corrected chi connectivity index (χ4v) is 12.1. The summed E-state index contributed by atoms with van der Waals surface area (Å²) >= 11 is 0. The minimum atomic E-state index is -1.83. The summed E-state index contributed by atoms with van der Waals surface area (Å²) in [6.07, 6.45) is 1.02. The number of nitrogens with two attached hydrogens (primary N) is 1. The number of carbonyl (C=O) groups excluding carboxylic acids is 14. The van der Waals surface area contributed by atoms with Crippen LogP contribution in [0.5, 0.6) is 0 Å². The lowest BCUT2D eigenvalue weighted by molar-refractivity contribution is -0.157. The van der Waals surface area contributed by atoms with Crippen LogP contribution in [0.15, 0.2) is 42.1 Å². The summed E-state index contributed by atoms with van der Waals surface area (Å²) in [5.74, 6) is -15.1. The van der Waals surface area contributed by atoms with Crippen LogP contribution in [0.2, 0.25) is 0 Å². The first-order valence-corrected chi connectivity index (χ1v) is 37.5. The van der Waals surface area contributed by atoms with Crippen molar-refractivity contribution in [3.05, 3.63) is 47.7 Å². The van der Waals surface area contributed by atoms with E-state index >= 15 is 9.59 Å². The van der Waals surface area contributed by atoms with Gasteiger partial charge in [0.05, 0.1) is 6.10 Å². The molecule has 0 aliphatic carbocycles. The van der Waals surface area contributed by atoms with Crippen molar-refractivity contribution in [1.82, 2.24) is 68.7 Å². The van der Waals surface area contributed by atoms with Gasteiger partial charge in [0.1, 0.15) is 84.3 Å². The van der Waals surface area contributed by atoms with Gasteiger partial charge < -0.3 is 84.3 Å². The van der Waals surface area contributed by atoms with Gasteiger partial charge in [-0.05, 0) is 112 Å². The van der Waals surface area contributed by atoms with E-state index in [9.17, 15) is 62.6 Å². The fourth-order valence-electron chi connectivity index (χ4n) is 12.1. The molecule has 30 heteroatoms. The Bertz CT molecular complexity index is 3160. The van der Waals surface area contributed by atoms with Gasteiger partial charge in [-0.3, -0.25) is 62.3 Å². The van der Waals surface area contributed by atoms with Crippen LogP contribution in [-0.4, -0.2) is 191 Å². The van der Waals surface area contributed by atoms with Crippen molar-refractivity contribution >= 4 is 82.8 Å². The van der Waals surface area contributed by atoms with E-state index in [4.69, 9.17) is 10.5 Å². The molecule has 2 aliphatic rings. The monoisotopic (exact) mass is 1480 g/mol. The molecule has 0 saturated carbocycles. The van der Waals surface area contributed by atoms with E-state index in [0.29, 0.717) is 30.7 Å². The number of likely N-dealkylation sites (tertiary alicyclic amines) is 1. The average Bonchev–Trinajstić information content (AvgIpc) is 1.79. The second kappa shape index (κ2) is 43.8. The van der Waals surface area contributed by atoms with Crippen molar-refractivity contribution in [2.24, 2.45) is 53.1 Å². The standard InChI is InChI=1S/C75H124N14O16/c1-20-44(16)59(71(100)88-62-47(19)105-75(104)58(43(14)15)84-63(92)49(22-3)77-65(94)51(37-48-30-24-23-25-31-48)79-67(96)55(40(8)9)81-70(99)60(45(17)21-2)86-73(62)102)85-64(93)50(32-27-35-76)78-66(95)52-33-28-36-89(52)74(103)57(42(12)13)83-69(98)56(41(10)11)82-72(101)61(46(18)90)87-68(97)54(39(6)7)80-53(91)34-26-29-38(4)5/h22-25,30-31,38-47,50-52,54-62,90H,20-21,26-29,32-37,76H2,1-19H3,(H,77,94)(H,78,95)(H,79,96)(H,80,91)(H,81,99)(H,82,101)(H,83,98)(H,84,92)(H,85,93)(H,86,102)(H,87,97)(H,88,100)/b49-22-/t44-,45-,46+,47?,50-,51-,52+,54+,55+,56-,57+,58-,59+,60-,61+,62+/m0/s1. The predicted octanol–water partition coefficient (Wildman–Crippen LogP) is 1.84. The molecule has 2 heterocycles. The SMILES string of the molecule is C/C=C1\NC(=O)[C@H](Cc2ccccc2)NC(=O)[C@@H](C(C)C)NC(=O)[C@H]([C@@H](C)CC)NC(=O)[C@H](NC(=O)[C@H](NC(=O)[C@H](CCCN)NC(=O)[C@H]2CCCN2C(=O)[C@H](NC(=O)[C@@H](NC(=O)[C@H](NC(=O)[C@H](NC(=O)CCCC(C)C)C(C)C)[C@@H](C)O)C(C)C)C(C)C)[C@@H](C)CC)C(C)OC(=O)[C@H](C(C)C)NC1=O. The summed E-state index contributed by atoms with van der Waals surface area (Å²) in [6.45, 7) is 31.8. The number of aliphatic hydroxyl groups is 1. The van der Waals surface area contributed by atoms with Crippen LogP contribution in [0, 0.1) is 47.3 Å². The predicted molar refractivity (Wildman–Crippen MR) is 395 cm³/mol. The number of nitrogens with one attached hydrogen (secondary N) is 12. The summed E-state index contributed by atoms with van der Waals surface area (Å²) < 4.78 is 5.96. The van der Waals surface area contributed by atoms with E-state index in [1.54, 1.807) is 127 Å². The zero-order valence-corrected chi connectivity index (χ0v) is 65.2. The Balaban J connectivity index is 2.00. The fraction of sp³-hybridized carbons (Fsp3) is 0.707. The second-order valence-electron chi connectivity index (χ2n) is 30.2. The molecule has 1 unspecified atom stereocenters. The molecule has 105 heavy (non-hydrogen) atoms. The number of nitrogens with zero attached hydrogens (tertiary/aromatic N) is 1. The Morgan fingerprint density at radius 2 is 1.15 bits per heavy atom. The third-order valence-electron chi connectivity index (χ3n) is 19.3. The number of allylic oxidation sites excluding steroid dienone is 1. The number of cyclic esters (lactones) is 1. The number of benzene rings is 1. The number of ether oxygens (including phenoxy) is 1. The average molecular weight is 1480 g/mol. The Hall–Kier alpha value is -8.54. The lowest BCUT2D eigenvalue weighted by Gasteiger charge is -2.33. The van der Waals surface area contributed by atoms with Gasteiger partial charge in [-0.2, -0.15) is 0 Å². The highest BCUT2D eigenvalue weighted by Gasteiger charge is 2.44. The zero-order valence-electron chi connectivity index (χ0n) is 65.2. The Morgan fingerprint density at radius 1 is 0.610 bits per heavy atom. The molecule has 1 aromatic rings. The van der Waals surface area contributed by atoms with E-state index in [0.717, 1.165) is 6.42 Å². The molecule has 1 aromatic carbocycles. The largest absolute Gasteiger partial charge is 0.458 e. The van der Waals surface area contributed by atoms with E-state index in [2.05, 4.69) is 63.8 Å². The number of hydrogen-bond acceptors (Lipinski definition) is 17. The first-order valence-electron chi connectivity index (χ1n) is 37.5. The second-order valence-corrected chi connectivity index (χ2v) is 30.2. The maximum absolute atomic E-state index is 15.0. The van der Waals surface area contributed by atoms with Crippen LogP contribution in [0.4, 0.5) is 0 Å². The molecule has 3 rings (SSSR count). The number of rotatable bonds is 33. The summed E-state index contributed by atoms with van der Waals surface area (Å²) in [5, 5.41) is 43.2. The summed E-state index contributed by atoms with van der Waals surface area (Å²) in [7, 11) is 0. The Labute approximate surface area is 620 Å². The maximum Gasteiger partial charge on any atom is 0.329 e. The van der Waals surface area contributed by atoms with Gasteiger partial charge in [0, 0.05) is 19.4 Å². The highest BCUT2D eigenvalue weighted by atomic mass is 16.5. The number of hydrogen-bond donors (Lipinski definition) is 14. The third kappa shape index (κ3) is 27.7. The summed E-state index contributed by atoms with van der Waals surface area (Å²) in [6, 6.07) is -7.67.